The zero-order valence-electron chi connectivity index (χ0n) is 12.2. The van der Waals surface area contributed by atoms with Crippen molar-refractivity contribution in [1.82, 2.24) is 0 Å². The summed E-state index contributed by atoms with van der Waals surface area (Å²) in [6, 6.07) is 12.0. The number of rotatable bonds is 3. The van der Waals surface area contributed by atoms with E-state index in [0.717, 1.165) is 12.2 Å². The van der Waals surface area contributed by atoms with Crippen molar-refractivity contribution >= 4 is 17.3 Å². The molecule has 4 nitrogen and oxygen atoms in total. The molecule has 1 atom stereocenters. The highest BCUT2D eigenvalue weighted by Crippen LogP contribution is 2.25. The van der Waals surface area contributed by atoms with Gasteiger partial charge in [-0.2, -0.15) is 0 Å². The SMILES string of the molecule is C[C@@H]1CCCCN1c1ccc(NC(=O)c2ccco2)cc1. The van der Waals surface area contributed by atoms with E-state index in [1.54, 1.807) is 12.1 Å². The van der Waals surface area contributed by atoms with E-state index in [4.69, 9.17) is 4.42 Å². The fourth-order valence-electron chi connectivity index (χ4n) is 2.82. The summed E-state index contributed by atoms with van der Waals surface area (Å²) in [7, 11) is 0. The van der Waals surface area contributed by atoms with Crippen molar-refractivity contribution in [2.24, 2.45) is 0 Å². The molecule has 0 radical (unpaired) electrons. The van der Waals surface area contributed by atoms with E-state index in [1.807, 2.05) is 12.1 Å². The minimum Gasteiger partial charge on any atom is -0.459 e. The molecule has 110 valence electrons. The van der Waals surface area contributed by atoms with E-state index in [9.17, 15) is 4.79 Å². The number of amides is 1. The predicted octanol–water partition coefficient (Wildman–Crippen LogP) is 3.91. The number of carbonyl (C=O) groups is 1. The van der Waals surface area contributed by atoms with Crippen LogP contribution in [0.15, 0.2) is 47.1 Å². The van der Waals surface area contributed by atoms with E-state index in [1.165, 1.54) is 31.2 Å². The first kappa shape index (κ1) is 13.7. The summed E-state index contributed by atoms with van der Waals surface area (Å²) >= 11 is 0. The number of nitrogens with zero attached hydrogens (tertiary/aromatic N) is 1. The molecule has 0 saturated carbocycles. The lowest BCUT2D eigenvalue weighted by Gasteiger charge is -2.35. The molecule has 1 fully saturated rings. The molecule has 1 aromatic carbocycles. The van der Waals surface area contributed by atoms with Crippen LogP contribution in [0.1, 0.15) is 36.7 Å². The van der Waals surface area contributed by atoms with Gasteiger partial charge in [0, 0.05) is 24.0 Å². The molecular formula is C17H20N2O2. The Bertz CT molecular complexity index is 590. The normalized spacial score (nSPS) is 18.5. The van der Waals surface area contributed by atoms with Gasteiger partial charge in [-0.15, -0.1) is 0 Å². The van der Waals surface area contributed by atoms with E-state index >= 15 is 0 Å². The van der Waals surface area contributed by atoms with Crippen LogP contribution >= 0.6 is 0 Å². The predicted molar refractivity (Wildman–Crippen MR) is 83.8 cm³/mol. The minimum atomic E-state index is -0.223. The van der Waals surface area contributed by atoms with E-state index in [2.05, 4.69) is 29.3 Å². The molecule has 1 aliphatic heterocycles. The van der Waals surface area contributed by atoms with Crippen LogP contribution in [0.4, 0.5) is 11.4 Å². The van der Waals surface area contributed by atoms with Gasteiger partial charge in [0.05, 0.1) is 6.26 Å². The fourth-order valence-corrected chi connectivity index (χ4v) is 2.82. The smallest absolute Gasteiger partial charge is 0.291 e. The van der Waals surface area contributed by atoms with Gasteiger partial charge >= 0.3 is 0 Å². The van der Waals surface area contributed by atoms with Crippen LogP contribution in [0.25, 0.3) is 0 Å². The van der Waals surface area contributed by atoms with Crippen LogP contribution in [0.2, 0.25) is 0 Å². The lowest BCUT2D eigenvalue weighted by molar-refractivity contribution is 0.0996. The summed E-state index contributed by atoms with van der Waals surface area (Å²) in [5.41, 5.74) is 2.00. The number of furan rings is 1. The number of benzene rings is 1. The highest BCUT2D eigenvalue weighted by Gasteiger charge is 2.18. The van der Waals surface area contributed by atoms with Gasteiger partial charge in [-0.3, -0.25) is 4.79 Å². The zero-order valence-corrected chi connectivity index (χ0v) is 12.2. The van der Waals surface area contributed by atoms with Gasteiger partial charge in [0.15, 0.2) is 5.76 Å². The molecule has 1 saturated heterocycles. The van der Waals surface area contributed by atoms with Crippen LogP contribution in [0.3, 0.4) is 0 Å². The summed E-state index contributed by atoms with van der Waals surface area (Å²) in [6.45, 7) is 3.38. The number of anilines is 2. The van der Waals surface area contributed by atoms with Crippen LogP contribution in [0, 0.1) is 0 Å². The molecule has 1 aromatic heterocycles. The van der Waals surface area contributed by atoms with Gasteiger partial charge in [0.1, 0.15) is 0 Å². The first-order chi connectivity index (χ1) is 10.2. The number of hydrogen-bond donors (Lipinski definition) is 1. The highest BCUT2D eigenvalue weighted by molar-refractivity contribution is 6.02. The summed E-state index contributed by atoms with van der Waals surface area (Å²) in [4.78, 5) is 14.3. The third kappa shape index (κ3) is 3.10. The molecule has 4 heteroatoms. The molecule has 2 aromatic rings. The van der Waals surface area contributed by atoms with Crippen molar-refractivity contribution in [2.75, 3.05) is 16.8 Å². The molecular weight excluding hydrogens is 264 g/mol. The van der Waals surface area contributed by atoms with Gasteiger partial charge in [-0.1, -0.05) is 0 Å². The molecule has 1 N–H and O–H groups in total. The quantitative estimate of drug-likeness (QED) is 0.929. The Morgan fingerprint density at radius 3 is 2.71 bits per heavy atom. The lowest BCUT2D eigenvalue weighted by atomic mass is 10.0. The Morgan fingerprint density at radius 1 is 1.24 bits per heavy atom. The topological polar surface area (TPSA) is 45.5 Å². The Balaban J connectivity index is 1.68. The van der Waals surface area contributed by atoms with Crippen molar-refractivity contribution in [2.45, 2.75) is 32.2 Å². The number of nitrogens with one attached hydrogen (secondary N) is 1. The Hall–Kier alpha value is -2.23. The van der Waals surface area contributed by atoms with E-state index in [-0.39, 0.29) is 5.91 Å². The average molecular weight is 284 g/mol. The summed E-state index contributed by atoms with van der Waals surface area (Å²) in [6.07, 6.45) is 5.31. The molecule has 1 amide bonds. The minimum absolute atomic E-state index is 0.223. The van der Waals surface area contributed by atoms with Crippen molar-refractivity contribution in [3.8, 4) is 0 Å². The second-order valence-electron chi connectivity index (χ2n) is 5.52. The maximum Gasteiger partial charge on any atom is 0.291 e. The molecule has 3 rings (SSSR count). The number of piperidine rings is 1. The molecule has 0 spiro atoms. The van der Waals surface area contributed by atoms with Crippen molar-refractivity contribution in [1.29, 1.82) is 0 Å². The van der Waals surface area contributed by atoms with Crippen molar-refractivity contribution in [3.05, 3.63) is 48.4 Å². The van der Waals surface area contributed by atoms with Crippen LogP contribution in [-0.2, 0) is 0 Å². The van der Waals surface area contributed by atoms with Gasteiger partial charge in [-0.05, 0) is 62.6 Å². The standard InChI is InChI=1S/C17H20N2O2/c1-13-5-2-3-11-19(13)15-9-7-14(8-10-15)18-17(20)16-6-4-12-21-16/h4,6-10,12-13H,2-3,5,11H2,1H3,(H,18,20)/t13-/m1/s1. The van der Waals surface area contributed by atoms with Gasteiger partial charge in [0.25, 0.3) is 5.91 Å². The monoisotopic (exact) mass is 284 g/mol. The summed E-state index contributed by atoms with van der Waals surface area (Å²) in [5.74, 6) is 0.0998. The van der Waals surface area contributed by atoms with Gasteiger partial charge in [0.2, 0.25) is 0 Å². The third-order valence-electron chi connectivity index (χ3n) is 4.00. The average Bonchev–Trinajstić information content (AvgIpc) is 3.03. The number of carbonyl (C=O) groups excluding carboxylic acids is 1. The maximum absolute atomic E-state index is 11.9. The maximum atomic E-state index is 11.9. The lowest BCUT2D eigenvalue weighted by Crippen LogP contribution is -2.37. The first-order valence-corrected chi connectivity index (χ1v) is 7.45. The highest BCUT2D eigenvalue weighted by atomic mass is 16.3. The first-order valence-electron chi connectivity index (χ1n) is 7.45. The Kier molecular flexibility index (Phi) is 3.95. The molecule has 0 bridgehead atoms. The van der Waals surface area contributed by atoms with Gasteiger partial charge in [-0.25, -0.2) is 0 Å². The van der Waals surface area contributed by atoms with Crippen LogP contribution in [0.5, 0.6) is 0 Å². The second-order valence-corrected chi connectivity index (χ2v) is 5.52. The van der Waals surface area contributed by atoms with Crippen molar-refractivity contribution in [3.63, 3.8) is 0 Å². The largest absolute Gasteiger partial charge is 0.459 e. The van der Waals surface area contributed by atoms with E-state index < -0.39 is 0 Å². The molecule has 0 unspecified atom stereocenters. The summed E-state index contributed by atoms with van der Waals surface area (Å²) in [5, 5.41) is 2.83. The summed E-state index contributed by atoms with van der Waals surface area (Å²) < 4.78 is 5.08. The Morgan fingerprint density at radius 2 is 2.05 bits per heavy atom. The van der Waals surface area contributed by atoms with Gasteiger partial charge < -0.3 is 14.6 Å². The van der Waals surface area contributed by atoms with Crippen molar-refractivity contribution < 1.29 is 9.21 Å². The molecule has 2 heterocycles. The molecule has 21 heavy (non-hydrogen) atoms. The van der Waals surface area contributed by atoms with Crippen LogP contribution in [-0.4, -0.2) is 18.5 Å². The third-order valence-corrected chi connectivity index (χ3v) is 4.00. The second kappa shape index (κ2) is 6.04. The zero-order chi connectivity index (χ0) is 14.7. The van der Waals surface area contributed by atoms with E-state index in [0.29, 0.717) is 11.8 Å². The van der Waals surface area contributed by atoms with Crippen LogP contribution < -0.4 is 10.2 Å². The Labute approximate surface area is 124 Å². The number of hydrogen-bond acceptors (Lipinski definition) is 3. The molecule has 1 aliphatic rings. The fraction of sp³-hybridized carbons (Fsp3) is 0.353. The molecule has 0 aliphatic carbocycles.